The summed E-state index contributed by atoms with van der Waals surface area (Å²) in [4.78, 5) is 12.5. The fourth-order valence-corrected chi connectivity index (χ4v) is 2.58. The molecule has 7 nitrogen and oxygen atoms in total. The largest absolute Gasteiger partial charge is 0.395 e. The van der Waals surface area contributed by atoms with Gasteiger partial charge in [0.2, 0.25) is 11.7 Å². The Morgan fingerprint density at radius 2 is 1.89 bits per heavy atom. The smallest absolute Gasteiger partial charge is 0.352 e. The number of hydrogen-bond donors (Lipinski definition) is 1. The van der Waals surface area contributed by atoms with Crippen LogP contribution >= 0.6 is 0 Å². The third-order valence-corrected chi connectivity index (χ3v) is 4.43. The van der Waals surface area contributed by atoms with Gasteiger partial charge in [-0.25, -0.2) is 19.5 Å². The number of hydrogen-bond acceptors (Lipinski definition) is 5. The van der Waals surface area contributed by atoms with E-state index in [9.17, 15) is 13.2 Å². The standard InChI is InChI=1S/C17H16F3N7/c1-16(2,17(18,19)20)10-24-14-22-8-13-12(3-5-27(13)25-14)11-7-23-15-21-4-6-26(15)9-11/h3-9H,10H2,1-2H3,(H,24,25). The van der Waals surface area contributed by atoms with Crippen molar-refractivity contribution in [3.63, 3.8) is 0 Å². The predicted molar refractivity (Wildman–Crippen MR) is 93.3 cm³/mol. The number of imidazole rings is 1. The van der Waals surface area contributed by atoms with Crippen LogP contribution in [0, 0.1) is 5.41 Å². The van der Waals surface area contributed by atoms with E-state index in [2.05, 4.69) is 25.4 Å². The maximum Gasteiger partial charge on any atom is 0.395 e. The van der Waals surface area contributed by atoms with Crippen molar-refractivity contribution >= 4 is 17.2 Å². The molecule has 27 heavy (non-hydrogen) atoms. The summed E-state index contributed by atoms with van der Waals surface area (Å²) in [5, 5.41) is 6.91. The maximum atomic E-state index is 13.0. The summed E-state index contributed by atoms with van der Waals surface area (Å²) in [5.41, 5.74) is 0.543. The molecule has 0 saturated heterocycles. The Morgan fingerprint density at radius 1 is 1.07 bits per heavy atom. The van der Waals surface area contributed by atoms with Crippen molar-refractivity contribution in [2.75, 3.05) is 11.9 Å². The Hall–Kier alpha value is -3.17. The first-order valence-corrected chi connectivity index (χ1v) is 8.19. The van der Waals surface area contributed by atoms with Crippen LogP contribution in [0.4, 0.5) is 19.1 Å². The summed E-state index contributed by atoms with van der Waals surface area (Å²) in [7, 11) is 0. The van der Waals surface area contributed by atoms with Crippen molar-refractivity contribution in [3.8, 4) is 11.1 Å². The Bertz CT molecular complexity index is 1110. The summed E-state index contributed by atoms with van der Waals surface area (Å²) in [6.07, 6.45) is 6.04. The van der Waals surface area contributed by atoms with E-state index in [1.165, 1.54) is 0 Å². The Morgan fingerprint density at radius 3 is 2.67 bits per heavy atom. The van der Waals surface area contributed by atoms with Crippen LogP contribution in [0.25, 0.3) is 22.4 Å². The Balaban J connectivity index is 1.62. The van der Waals surface area contributed by atoms with E-state index in [0.717, 1.165) is 30.5 Å². The molecule has 0 aliphatic heterocycles. The van der Waals surface area contributed by atoms with Gasteiger partial charge >= 0.3 is 6.18 Å². The lowest BCUT2D eigenvalue weighted by Crippen LogP contribution is -2.38. The van der Waals surface area contributed by atoms with Crippen LogP contribution in [0.15, 0.2) is 43.2 Å². The lowest BCUT2D eigenvalue weighted by Gasteiger charge is -2.27. The first-order valence-electron chi connectivity index (χ1n) is 8.19. The van der Waals surface area contributed by atoms with Gasteiger partial charge in [0.05, 0.1) is 17.1 Å². The van der Waals surface area contributed by atoms with Gasteiger partial charge in [0.25, 0.3) is 0 Å². The number of nitrogens with one attached hydrogen (secondary N) is 1. The van der Waals surface area contributed by atoms with E-state index < -0.39 is 11.6 Å². The second-order valence-corrected chi connectivity index (χ2v) is 6.85. The highest BCUT2D eigenvalue weighted by atomic mass is 19.4. The molecule has 0 radical (unpaired) electrons. The highest BCUT2D eigenvalue weighted by molar-refractivity contribution is 5.79. The highest BCUT2D eigenvalue weighted by Gasteiger charge is 2.47. The molecule has 0 fully saturated rings. The molecular formula is C17H16F3N7. The van der Waals surface area contributed by atoms with Gasteiger partial charge in [-0.15, -0.1) is 5.10 Å². The number of fused-ring (bicyclic) bond motifs is 2. The number of nitrogens with zero attached hydrogens (tertiary/aromatic N) is 6. The second kappa shape index (κ2) is 5.93. The van der Waals surface area contributed by atoms with E-state index in [1.807, 2.05) is 12.3 Å². The molecule has 4 heterocycles. The van der Waals surface area contributed by atoms with Crippen LogP contribution < -0.4 is 5.32 Å². The van der Waals surface area contributed by atoms with Crippen LogP contribution in [-0.4, -0.2) is 41.7 Å². The zero-order chi connectivity index (χ0) is 19.2. The number of anilines is 1. The fourth-order valence-electron chi connectivity index (χ4n) is 2.58. The van der Waals surface area contributed by atoms with Crippen molar-refractivity contribution in [2.24, 2.45) is 5.41 Å². The van der Waals surface area contributed by atoms with Crippen LogP contribution in [0.1, 0.15) is 13.8 Å². The minimum Gasteiger partial charge on any atom is -0.352 e. The second-order valence-electron chi connectivity index (χ2n) is 6.85. The van der Waals surface area contributed by atoms with E-state index in [-0.39, 0.29) is 12.5 Å². The van der Waals surface area contributed by atoms with Crippen LogP contribution in [0.2, 0.25) is 0 Å². The number of alkyl halides is 3. The van der Waals surface area contributed by atoms with E-state index >= 15 is 0 Å². The van der Waals surface area contributed by atoms with Crippen molar-refractivity contribution < 1.29 is 13.2 Å². The van der Waals surface area contributed by atoms with Crippen LogP contribution in [0.5, 0.6) is 0 Å². The van der Waals surface area contributed by atoms with Gasteiger partial charge in [0, 0.05) is 48.7 Å². The summed E-state index contributed by atoms with van der Waals surface area (Å²) >= 11 is 0. The van der Waals surface area contributed by atoms with Crippen molar-refractivity contribution in [2.45, 2.75) is 20.0 Å². The molecule has 0 spiro atoms. The zero-order valence-electron chi connectivity index (χ0n) is 14.6. The minimum atomic E-state index is -4.32. The highest BCUT2D eigenvalue weighted by Crippen LogP contribution is 2.37. The average Bonchev–Trinajstić information content (AvgIpc) is 3.24. The molecule has 4 aromatic rings. The van der Waals surface area contributed by atoms with Crippen LogP contribution in [0.3, 0.4) is 0 Å². The molecule has 4 aromatic heterocycles. The quantitative estimate of drug-likeness (QED) is 0.592. The molecule has 10 heteroatoms. The molecule has 0 aliphatic rings. The number of rotatable bonds is 4. The van der Waals surface area contributed by atoms with E-state index in [1.54, 1.807) is 39.9 Å². The summed E-state index contributed by atoms with van der Waals surface area (Å²) < 4.78 is 42.3. The van der Waals surface area contributed by atoms with Gasteiger partial charge in [0.15, 0.2) is 0 Å². The summed E-state index contributed by atoms with van der Waals surface area (Å²) in [6, 6.07) is 1.85. The molecule has 0 aliphatic carbocycles. The molecule has 140 valence electrons. The van der Waals surface area contributed by atoms with Crippen molar-refractivity contribution in [3.05, 3.63) is 43.2 Å². The van der Waals surface area contributed by atoms with E-state index in [4.69, 9.17) is 0 Å². The molecule has 0 unspecified atom stereocenters. The maximum absolute atomic E-state index is 13.0. The van der Waals surface area contributed by atoms with Gasteiger partial charge in [-0.3, -0.25) is 4.40 Å². The van der Waals surface area contributed by atoms with E-state index in [0.29, 0.717) is 5.78 Å². The minimum absolute atomic E-state index is 0.130. The van der Waals surface area contributed by atoms with Crippen molar-refractivity contribution in [1.82, 2.24) is 29.0 Å². The molecule has 0 amide bonds. The molecule has 0 aromatic carbocycles. The molecule has 1 N–H and O–H groups in total. The monoisotopic (exact) mass is 375 g/mol. The zero-order valence-corrected chi connectivity index (χ0v) is 14.6. The molecule has 4 rings (SSSR count). The molecule has 0 saturated carbocycles. The first kappa shape index (κ1) is 17.3. The van der Waals surface area contributed by atoms with Crippen LogP contribution in [-0.2, 0) is 0 Å². The van der Waals surface area contributed by atoms with Gasteiger partial charge < -0.3 is 5.32 Å². The van der Waals surface area contributed by atoms with Gasteiger partial charge in [-0.05, 0) is 19.9 Å². The number of aromatic nitrogens is 6. The summed E-state index contributed by atoms with van der Waals surface area (Å²) in [5.74, 6) is 0.724. The SMILES string of the molecule is CC(C)(CNc1ncc2c(-c3cnc4nccn4c3)ccn2n1)C(F)(F)F. The Kier molecular flexibility index (Phi) is 3.79. The third kappa shape index (κ3) is 3.07. The fraction of sp³-hybridized carbons (Fsp3) is 0.294. The predicted octanol–water partition coefficient (Wildman–Crippen LogP) is 3.44. The van der Waals surface area contributed by atoms with Gasteiger partial charge in [0.1, 0.15) is 0 Å². The lowest BCUT2D eigenvalue weighted by atomic mass is 9.93. The van der Waals surface area contributed by atoms with Gasteiger partial charge in [-0.2, -0.15) is 13.2 Å². The third-order valence-electron chi connectivity index (χ3n) is 4.43. The normalized spacial score (nSPS) is 12.8. The molecular weight excluding hydrogens is 359 g/mol. The van der Waals surface area contributed by atoms with Crippen molar-refractivity contribution in [1.29, 1.82) is 0 Å². The van der Waals surface area contributed by atoms with Gasteiger partial charge in [-0.1, -0.05) is 0 Å². The topological polar surface area (TPSA) is 72.4 Å². The number of halogens is 3. The molecule has 0 bridgehead atoms. The summed E-state index contributed by atoms with van der Waals surface area (Å²) in [6.45, 7) is 1.94. The lowest BCUT2D eigenvalue weighted by molar-refractivity contribution is -0.206. The first-order chi connectivity index (χ1) is 12.7. The average molecular weight is 375 g/mol. The molecule has 0 atom stereocenters. The Labute approximate surface area is 151 Å².